The first-order valence-corrected chi connectivity index (χ1v) is 9.43. The molecule has 5 heteroatoms. The van der Waals surface area contributed by atoms with Crippen molar-refractivity contribution in [2.75, 3.05) is 41.3 Å². The molecule has 2 aromatic carbocycles. The molecule has 0 spiro atoms. The van der Waals surface area contributed by atoms with Crippen molar-refractivity contribution in [2.24, 2.45) is 4.99 Å². The van der Waals surface area contributed by atoms with Crippen LogP contribution in [0.4, 0.5) is 0 Å². The van der Waals surface area contributed by atoms with Gasteiger partial charge in [-0.15, -0.1) is 0 Å². The van der Waals surface area contributed by atoms with E-state index >= 15 is 0 Å². The van der Waals surface area contributed by atoms with Gasteiger partial charge >= 0.3 is 0 Å². The quantitative estimate of drug-likeness (QED) is 0.406. The van der Waals surface area contributed by atoms with Crippen molar-refractivity contribution in [2.45, 2.75) is 18.9 Å². The van der Waals surface area contributed by atoms with Crippen LogP contribution in [0.15, 0.2) is 59.6 Å². The summed E-state index contributed by atoms with van der Waals surface area (Å²) in [4.78, 5) is 6.54. The second kappa shape index (κ2) is 11.2. The molecule has 27 heavy (non-hydrogen) atoms. The van der Waals surface area contributed by atoms with Crippen molar-refractivity contribution in [3.05, 3.63) is 65.7 Å². The first-order chi connectivity index (χ1) is 13.1. The van der Waals surface area contributed by atoms with Gasteiger partial charge in [-0.05, 0) is 50.2 Å². The summed E-state index contributed by atoms with van der Waals surface area (Å²) in [5.41, 5.74) is 2.58. The van der Waals surface area contributed by atoms with Gasteiger partial charge in [0.15, 0.2) is 5.96 Å². The number of ether oxygens (including phenoxy) is 1. The van der Waals surface area contributed by atoms with Crippen molar-refractivity contribution >= 4 is 5.96 Å². The summed E-state index contributed by atoms with van der Waals surface area (Å²) in [5.74, 6) is 1.71. The molecule has 1 atom stereocenters. The molecule has 0 heterocycles. The second-order valence-corrected chi connectivity index (χ2v) is 6.73. The Labute approximate surface area is 163 Å². The number of methoxy groups -OCH3 is 1. The van der Waals surface area contributed by atoms with Gasteiger partial charge in [-0.25, -0.2) is 0 Å². The maximum atomic E-state index is 5.36. The zero-order chi connectivity index (χ0) is 19.5. The van der Waals surface area contributed by atoms with Crippen molar-refractivity contribution < 1.29 is 4.74 Å². The first kappa shape index (κ1) is 20.8. The molecule has 5 nitrogen and oxygen atoms in total. The molecule has 1 unspecified atom stereocenters. The highest BCUT2D eigenvalue weighted by molar-refractivity contribution is 5.79. The van der Waals surface area contributed by atoms with Gasteiger partial charge in [-0.2, -0.15) is 0 Å². The lowest BCUT2D eigenvalue weighted by Gasteiger charge is -2.26. The third-order valence-corrected chi connectivity index (χ3v) is 4.57. The molecule has 146 valence electrons. The van der Waals surface area contributed by atoms with Crippen LogP contribution in [0.2, 0.25) is 0 Å². The van der Waals surface area contributed by atoms with E-state index in [1.807, 2.05) is 19.2 Å². The number of nitrogens with zero attached hydrogens (tertiary/aromatic N) is 2. The number of hydrogen-bond donors (Lipinski definition) is 2. The van der Waals surface area contributed by atoms with Gasteiger partial charge in [0, 0.05) is 20.1 Å². The van der Waals surface area contributed by atoms with Crippen LogP contribution < -0.4 is 15.4 Å². The number of hydrogen-bond acceptors (Lipinski definition) is 3. The van der Waals surface area contributed by atoms with E-state index in [4.69, 9.17) is 4.74 Å². The average molecular weight is 369 g/mol. The Morgan fingerprint density at radius 3 is 2.52 bits per heavy atom. The van der Waals surface area contributed by atoms with Crippen LogP contribution in [-0.4, -0.2) is 52.2 Å². The van der Waals surface area contributed by atoms with E-state index in [2.05, 4.69) is 77.1 Å². The normalized spacial score (nSPS) is 12.7. The van der Waals surface area contributed by atoms with E-state index in [-0.39, 0.29) is 6.04 Å². The smallest absolute Gasteiger partial charge is 0.191 e. The number of aryl methyl sites for hydroxylation is 1. The Kier molecular flexibility index (Phi) is 8.65. The maximum absolute atomic E-state index is 5.36. The van der Waals surface area contributed by atoms with Crippen molar-refractivity contribution in [1.29, 1.82) is 0 Å². The first-order valence-electron chi connectivity index (χ1n) is 9.43. The summed E-state index contributed by atoms with van der Waals surface area (Å²) in [6.45, 7) is 1.65. The van der Waals surface area contributed by atoms with E-state index in [9.17, 15) is 0 Å². The van der Waals surface area contributed by atoms with Gasteiger partial charge in [-0.1, -0.05) is 42.5 Å². The molecule has 2 rings (SSSR count). The van der Waals surface area contributed by atoms with Crippen LogP contribution in [-0.2, 0) is 6.42 Å². The van der Waals surface area contributed by atoms with Crippen LogP contribution in [0.25, 0.3) is 0 Å². The molecule has 2 N–H and O–H groups in total. The molecule has 0 radical (unpaired) electrons. The minimum Gasteiger partial charge on any atom is -0.497 e. The Morgan fingerprint density at radius 2 is 1.85 bits per heavy atom. The predicted molar refractivity (Wildman–Crippen MR) is 114 cm³/mol. The molecular formula is C22H32N4O. The van der Waals surface area contributed by atoms with E-state index in [1.54, 1.807) is 7.11 Å². The monoisotopic (exact) mass is 368 g/mol. The maximum Gasteiger partial charge on any atom is 0.191 e. The number of nitrogens with one attached hydrogen (secondary N) is 2. The Bertz CT molecular complexity index is 700. The molecule has 0 aliphatic carbocycles. The van der Waals surface area contributed by atoms with E-state index < -0.39 is 0 Å². The summed E-state index contributed by atoms with van der Waals surface area (Å²) >= 11 is 0. The molecule has 0 aromatic heterocycles. The highest BCUT2D eigenvalue weighted by atomic mass is 16.5. The summed E-state index contributed by atoms with van der Waals surface area (Å²) < 4.78 is 5.36. The molecule has 0 amide bonds. The van der Waals surface area contributed by atoms with Gasteiger partial charge in [0.25, 0.3) is 0 Å². The highest BCUT2D eigenvalue weighted by Crippen LogP contribution is 2.22. The van der Waals surface area contributed by atoms with Crippen molar-refractivity contribution in [3.8, 4) is 5.75 Å². The standard InChI is InChI=1S/C22H32N4O/c1-23-22(24-15-9-12-18-10-6-5-7-11-18)25-17-21(26(2)3)19-13-8-14-20(16-19)27-4/h5-8,10-11,13-14,16,21H,9,12,15,17H2,1-4H3,(H2,23,24,25). The van der Waals surface area contributed by atoms with Crippen LogP contribution >= 0.6 is 0 Å². The Hall–Kier alpha value is -2.53. The van der Waals surface area contributed by atoms with Gasteiger partial charge in [0.1, 0.15) is 5.75 Å². The van der Waals surface area contributed by atoms with E-state index in [0.717, 1.165) is 37.6 Å². The van der Waals surface area contributed by atoms with Gasteiger partial charge in [0.2, 0.25) is 0 Å². The Balaban J connectivity index is 1.83. The van der Waals surface area contributed by atoms with Crippen molar-refractivity contribution in [3.63, 3.8) is 0 Å². The second-order valence-electron chi connectivity index (χ2n) is 6.73. The lowest BCUT2D eigenvalue weighted by molar-refractivity contribution is 0.297. The lowest BCUT2D eigenvalue weighted by Crippen LogP contribution is -2.42. The van der Waals surface area contributed by atoms with Crippen LogP contribution in [0.1, 0.15) is 23.6 Å². The number of guanidine groups is 1. The van der Waals surface area contributed by atoms with Gasteiger partial charge in [-0.3, -0.25) is 4.99 Å². The predicted octanol–water partition coefficient (Wildman–Crippen LogP) is 3.10. The van der Waals surface area contributed by atoms with Crippen LogP contribution in [0, 0.1) is 0 Å². The molecule has 0 aliphatic heterocycles. The molecule has 2 aromatic rings. The summed E-state index contributed by atoms with van der Waals surface area (Å²) in [6.07, 6.45) is 2.13. The fourth-order valence-corrected chi connectivity index (χ4v) is 3.01. The van der Waals surface area contributed by atoms with Gasteiger partial charge < -0.3 is 20.3 Å². The number of benzene rings is 2. The third-order valence-electron chi connectivity index (χ3n) is 4.57. The average Bonchev–Trinajstić information content (AvgIpc) is 2.70. The molecule has 0 bridgehead atoms. The number of aliphatic imine (C=N–C) groups is 1. The third kappa shape index (κ3) is 6.94. The Morgan fingerprint density at radius 1 is 1.07 bits per heavy atom. The van der Waals surface area contributed by atoms with Crippen LogP contribution in [0.5, 0.6) is 5.75 Å². The number of likely N-dealkylation sites (N-methyl/N-ethyl adjacent to an activating group) is 1. The highest BCUT2D eigenvalue weighted by Gasteiger charge is 2.15. The SMILES string of the molecule is CN=C(NCCCc1ccccc1)NCC(c1cccc(OC)c1)N(C)C. The zero-order valence-electron chi connectivity index (χ0n) is 16.9. The fourth-order valence-electron chi connectivity index (χ4n) is 3.01. The molecule has 0 saturated heterocycles. The van der Waals surface area contributed by atoms with Crippen LogP contribution in [0.3, 0.4) is 0 Å². The zero-order valence-corrected chi connectivity index (χ0v) is 16.9. The largest absolute Gasteiger partial charge is 0.497 e. The molecule has 0 aliphatic rings. The summed E-state index contributed by atoms with van der Waals surface area (Å²) in [5, 5.41) is 6.85. The summed E-state index contributed by atoms with van der Waals surface area (Å²) in [6, 6.07) is 19.0. The van der Waals surface area contributed by atoms with Gasteiger partial charge in [0.05, 0.1) is 13.2 Å². The topological polar surface area (TPSA) is 48.9 Å². The van der Waals surface area contributed by atoms with E-state index in [1.165, 1.54) is 11.1 Å². The summed E-state index contributed by atoms with van der Waals surface area (Å²) in [7, 11) is 7.68. The lowest BCUT2D eigenvalue weighted by atomic mass is 10.1. The minimum absolute atomic E-state index is 0.225. The molecular weight excluding hydrogens is 336 g/mol. The molecule has 0 fully saturated rings. The number of rotatable bonds is 9. The van der Waals surface area contributed by atoms with Crippen molar-refractivity contribution in [1.82, 2.24) is 15.5 Å². The fraction of sp³-hybridized carbons (Fsp3) is 0.409. The molecule has 0 saturated carbocycles. The minimum atomic E-state index is 0.225. The van der Waals surface area contributed by atoms with E-state index in [0.29, 0.717) is 0 Å².